The van der Waals surface area contributed by atoms with Crippen LogP contribution >= 0.6 is 0 Å². The van der Waals surface area contributed by atoms with E-state index in [1.54, 1.807) is 23.1 Å². The number of amides is 2. The molecule has 8 heteroatoms. The number of carbonyl (C=O) groups excluding carboxylic acids is 1. The number of ether oxygens (including phenoxy) is 1. The molecule has 1 aliphatic heterocycles. The van der Waals surface area contributed by atoms with Gasteiger partial charge in [-0.3, -0.25) is 9.48 Å². The van der Waals surface area contributed by atoms with Crippen LogP contribution in [0.25, 0.3) is 0 Å². The molecule has 0 spiro atoms. The maximum atomic E-state index is 11.6. The number of carboxylic acids is 1. The van der Waals surface area contributed by atoms with Gasteiger partial charge in [0.05, 0.1) is 25.8 Å². The molecule has 1 fully saturated rings. The third kappa shape index (κ3) is 3.68. The van der Waals surface area contributed by atoms with Crippen LogP contribution in [-0.2, 0) is 16.1 Å². The van der Waals surface area contributed by atoms with E-state index >= 15 is 0 Å². The lowest BCUT2D eigenvalue weighted by atomic mass is 10.0. The first-order valence-electron chi connectivity index (χ1n) is 5.99. The summed E-state index contributed by atoms with van der Waals surface area (Å²) in [5.74, 6) is -1.64. The van der Waals surface area contributed by atoms with Gasteiger partial charge in [0.1, 0.15) is 5.92 Å². The highest BCUT2D eigenvalue weighted by Crippen LogP contribution is 2.13. The number of urea groups is 1. The summed E-state index contributed by atoms with van der Waals surface area (Å²) in [5, 5.41) is 18.2. The number of hydrogen-bond acceptors (Lipinski definition) is 4. The maximum absolute atomic E-state index is 11.6. The van der Waals surface area contributed by atoms with E-state index in [1.165, 1.54) is 0 Å². The van der Waals surface area contributed by atoms with Crippen molar-refractivity contribution in [1.82, 2.24) is 20.4 Å². The minimum Gasteiger partial charge on any atom is -0.481 e. The lowest BCUT2D eigenvalue weighted by Gasteiger charge is -2.16. The third-order valence-corrected chi connectivity index (χ3v) is 2.90. The van der Waals surface area contributed by atoms with E-state index in [1.807, 2.05) is 0 Å². The Bertz CT molecular complexity index is 434. The number of aliphatic carboxylic acids is 1. The van der Waals surface area contributed by atoms with E-state index in [2.05, 4.69) is 15.7 Å². The molecule has 0 aliphatic carbocycles. The highest BCUT2D eigenvalue weighted by molar-refractivity contribution is 5.77. The van der Waals surface area contributed by atoms with Gasteiger partial charge in [-0.05, 0) is 6.07 Å². The van der Waals surface area contributed by atoms with E-state index in [9.17, 15) is 9.59 Å². The molecule has 0 saturated carbocycles. The maximum Gasteiger partial charge on any atom is 0.315 e. The Morgan fingerprint density at radius 1 is 1.47 bits per heavy atom. The van der Waals surface area contributed by atoms with Crippen LogP contribution in [0.4, 0.5) is 4.79 Å². The van der Waals surface area contributed by atoms with Crippen molar-refractivity contribution in [2.45, 2.75) is 12.6 Å². The summed E-state index contributed by atoms with van der Waals surface area (Å²) < 4.78 is 6.75. The molecule has 1 saturated heterocycles. The Morgan fingerprint density at radius 3 is 3.00 bits per heavy atom. The van der Waals surface area contributed by atoms with E-state index in [0.29, 0.717) is 13.1 Å². The van der Waals surface area contributed by atoms with Crippen LogP contribution in [0, 0.1) is 5.92 Å². The van der Waals surface area contributed by atoms with Crippen LogP contribution in [0.3, 0.4) is 0 Å². The quantitative estimate of drug-likeness (QED) is 0.653. The molecule has 2 atom stereocenters. The molecule has 2 heterocycles. The number of hydrogen-bond donors (Lipinski definition) is 3. The van der Waals surface area contributed by atoms with Crippen molar-refractivity contribution >= 4 is 12.0 Å². The Labute approximate surface area is 109 Å². The van der Waals surface area contributed by atoms with Gasteiger partial charge in [-0.2, -0.15) is 5.10 Å². The minimum atomic E-state index is -0.959. The number of aromatic nitrogens is 2. The van der Waals surface area contributed by atoms with Crippen LogP contribution in [0.5, 0.6) is 0 Å². The van der Waals surface area contributed by atoms with Crippen LogP contribution < -0.4 is 10.6 Å². The zero-order valence-corrected chi connectivity index (χ0v) is 10.3. The first-order valence-corrected chi connectivity index (χ1v) is 5.99. The van der Waals surface area contributed by atoms with Crippen LogP contribution in [0.1, 0.15) is 0 Å². The third-order valence-electron chi connectivity index (χ3n) is 2.90. The average Bonchev–Trinajstić information content (AvgIpc) is 2.99. The lowest BCUT2D eigenvalue weighted by molar-refractivity contribution is -0.142. The molecule has 3 N–H and O–H groups in total. The molecular formula is C11H16N4O4. The molecular weight excluding hydrogens is 252 g/mol. The number of carboxylic acid groups (broad SMARTS) is 1. The van der Waals surface area contributed by atoms with Crippen LogP contribution in [0.15, 0.2) is 18.5 Å². The first-order chi connectivity index (χ1) is 9.16. The summed E-state index contributed by atoms with van der Waals surface area (Å²) in [4.78, 5) is 22.5. The Hall–Kier alpha value is -2.09. The molecule has 0 bridgehead atoms. The first kappa shape index (κ1) is 13.3. The lowest BCUT2D eigenvalue weighted by Crippen LogP contribution is -2.47. The zero-order valence-electron chi connectivity index (χ0n) is 10.3. The summed E-state index contributed by atoms with van der Waals surface area (Å²) in [7, 11) is 0. The molecule has 2 rings (SSSR count). The summed E-state index contributed by atoms with van der Waals surface area (Å²) >= 11 is 0. The van der Waals surface area contributed by atoms with Crippen molar-refractivity contribution in [3.63, 3.8) is 0 Å². The highest BCUT2D eigenvalue weighted by Gasteiger charge is 2.34. The van der Waals surface area contributed by atoms with E-state index < -0.39 is 24.0 Å². The SMILES string of the molecule is O=C(NCCn1cccn1)NC1COCC1C(=O)O. The molecule has 19 heavy (non-hydrogen) atoms. The predicted octanol–water partition coefficient (Wildman–Crippen LogP) is -0.718. The summed E-state index contributed by atoms with van der Waals surface area (Å²) in [6.45, 7) is 1.33. The Kier molecular flexibility index (Phi) is 4.35. The smallest absolute Gasteiger partial charge is 0.315 e. The van der Waals surface area contributed by atoms with Gasteiger partial charge in [-0.1, -0.05) is 0 Å². The largest absolute Gasteiger partial charge is 0.481 e. The molecule has 2 unspecified atom stereocenters. The van der Waals surface area contributed by atoms with E-state index in [0.717, 1.165) is 0 Å². The fourth-order valence-electron chi connectivity index (χ4n) is 1.88. The molecule has 1 aliphatic rings. The molecule has 2 amide bonds. The topological polar surface area (TPSA) is 105 Å². The molecule has 1 aromatic heterocycles. The summed E-state index contributed by atoms with van der Waals surface area (Å²) in [6, 6.07) is 0.920. The predicted molar refractivity (Wildman–Crippen MR) is 64.5 cm³/mol. The highest BCUT2D eigenvalue weighted by atomic mass is 16.5. The number of nitrogens with zero attached hydrogens (tertiary/aromatic N) is 2. The molecule has 0 radical (unpaired) electrons. The summed E-state index contributed by atoms with van der Waals surface area (Å²) in [5.41, 5.74) is 0. The molecule has 1 aromatic rings. The standard InChI is InChI=1S/C11H16N4O4/c16-10(17)8-6-19-7-9(8)14-11(18)12-3-5-15-4-1-2-13-15/h1-2,4,8-9H,3,5-7H2,(H,16,17)(H2,12,14,18). The van der Waals surface area contributed by atoms with Crippen molar-refractivity contribution in [2.24, 2.45) is 5.92 Å². The van der Waals surface area contributed by atoms with E-state index in [-0.39, 0.29) is 13.2 Å². The van der Waals surface area contributed by atoms with Crippen molar-refractivity contribution in [3.8, 4) is 0 Å². The molecule has 104 valence electrons. The fourth-order valence-corrected chi connectivity index (χ4v) is 1.88. The normalized spacial score (nSPS) is 22.1. The Morgan fingerprint density at radius 2 is 2.32 bits per heavy atom. The zero-order chi connectivity index (χ0) is 13.7. The van der Waals surface area contributed by atoms with Crippen molar-refractivity contribution in [1.29, 1.82) is 0 Å². The molecule has 8 nitrogen and oxygen atoms in total. The van der Waals surface area contributed by atoms with Gasteiger partial charge in [-0.15, -0.1) is 0 Å². The second-order valence-corrected chi connectivity index (χ2v) is 4.26. The van der Waals surface area contributed by atoms with Gasteiger partial charge in [0.2, 0.25) is 0 Å². The summed E-state index contributed by atoms with van der Waals surface area (Å²) in [6.07, 6.45) is 3.46. The van der Waals surface area contributed by atoms with Crippen molar-refractivity contribution in [2.75, 3.05) is 19.8 Å². The van der Waals surface area contributed by atoms with Crippen molar-refractivity contribution < 1.29 is 19.4 Å². The van der Waals surface area contributed by atoms with Crippen LogP contribution in [0.2, 0.25) is 0 Å². The van der Waals surface area contributed by atoms with Gasteiger partial charge in [0, 0.05) is 18.9 Å². The number of carbonyl (C=O) groups is 2. The molecule has 0 aromatic carbocycles. The van der Waals surface area contributed by atoms with E-state index in [4.69, 9.17) is 9.84 Å². The van der Waals surface area contributed by atoms with Gasteiger partial charge in [-0.25, -0.2) is 4.79 Å². The minimum absolute atomic E-state index is 0.133. The Balaban J connectivity index is 1.70. The van der Waals surface area contributed by atoms with Gasteiger partial charge in [0.25, 0.3) is 0 Å². The average molecular weight is 268 g/mol. The monoisotopic (exact) mass is 268 g/mol. The fraction of sp³-hybridized carbons (Fsp3) is 0.545. The number of rotatable bonds is 5. The number of nitrogens with one attached hydrogen (secondary N) is 2. The van der Waals surface area contributed by atoms with Gasteiger partial charge in [0.15, 0.2) is 0 Å². The van der Waals surface area contributed by atoms with Gasteiger partial charge >= 0.3 is 12.0 Å². The van der Waals surface area contributed by atoms with Crippen LogP contribution in [-0.4, -0.2) is 52.7 Å². The van der Waals surface area contributed by atoms with Gasteiger partial charge < -0.3 is 20.5 Å². The second-order valence-electron chi connectivity index (χ2n) is 4.26. The van der Waals surface area contributed by atoms with Crippen molar-refractivity contribution in [3.05, 3.63) is 18.5 Å². The second kappa shape index (κ2) is 6.19.